The van der Waals surface area contributed by atoms with Gasteiger partial charge in [0, 0.05) is 31.5 Å². The van der Waals surface area contributed by atoms with Gasteiger partial charge in [0.1, 0.15) is 5.75 Å². The van der Waals surface area contributed by atoms with E-state index in [-0.39, 0.29) is 0 Å². The van der Waals surface area contributed by atoms with Gasteiger partial charge >= 0.3 is 0 Å². The van der Waals surface area contributed by atoms with Crippen molar-refractivity contribution >= 4 is 11.4 Å². The van der Waals surface area contributed by atoms with E-state index in [4.69, 9.17) is 15.2 Å². The summed E-state index contributed by atoms with van der Waals surface area (Å²) >= 11 is 0. The molecule has 4 heteroatoms. The third-order valence-corrected chi connectivity index (χ3v) is 3.76. The fourth-order valence-electron chi connectivity index (χ4n) is 2.65. The SMILES string of the molecule is CCCOc1cc(N2CCCC(OCCC)C2)ccc1N. The number of nitrogens with zero attached hydrogens (tertiary/aromatic N) is 1. The molecule has 1 aromatic carbocycles. The zero-order valence-electron chi connectivity index (χ0n) is 13.3. The van der Waals surface area contributed by atoms with Gasteiger partial charge in [0.15, 0.2) is 0 Å². The van der Waals surface area contributed by atoms with Crippen molar-refractivity contribution in [3.8, 4) is 5.75 Å². The Hall–Kier alpha value is -1.42. The molecule has 0 radical (unpaired) electrons. The average molecular weight is 292 g/mol. The van der Waals surface area contributed by atoms with Gasteiger partial charge in [-0.05, 0) is 37.8 Å². The highest BCUT2D eigenvalue weighted by atomic mass is 16.5. The van der Waals surface area contributed by atoms with Gasteiger partial charge in [0.2, 0.25) is 0 Å². The molecule has 1 atom stereocenters. The number of ether oxygens (including phenoxy) is 2. The van der Waals surface area contributed by atoms with E-state index < -0.39 is 0 Å². The Morgan fingerprint density at radius 2 is 2.05 bits per heavy atom. The summed E-state index contributed by atoms with van der Waals surface area (Å²) in [6, 6.07) is 6.08. The number of nitrogen functional groups attached to an aromatic ring is 1. The first-order chi connectivity index (χ1) is 10.2. The first-order valence-corrected chi connectivity index (χ1v) is 8.13. The van der Waals surface area contributed by atoms with Gasteiger partial charge in [0.05, 0.1) is 18.4 Å². The molecule has 1 fully saturated rings. The van der Waals surface area contributed by atoms with Crippen LogP contribution < -0.4 is 15.4 Å². The molecule has 2 N–H and O–H groups in total. The summed E-state index contributed by atoms with van der Waals surface area (Å²) in [6.07, 6.45) is 4.73. The van der Waals surface area contributed by atoms with E-state index in [1.807, 2.05) is 6.07 Å². The fourth-order valence-corrected chi connectivity index (χ4v) is 2.65. The van der Waals surface area contributed by atoms with Crippen LogP contribution in [0.2, 0.25) is 0 Å². The van der Waals surface area contributed by atoms with Gasteiger partial charge in [-0.1, -0.05) is 13.8 Å². The number of hydrogen-bond acceptors (Lipinski definition) is 4. The maximum atomic E-state index is 5.98. The lowest BCUT2D eigenvalue weighted by Gasteiger charge is -2.34. The second-order valence-corrected chi connectivity index (χ2v) is 5.65. The zero-order chi connectivity index (χ0) is 15.1. The van der Waals surface area contributed by atoms with Crippen LogP contribution in [0.5, 0.6) is 5.75 Å². The first kappa shape index (κ1) is 16.0. The Bertz CT molecular complexity index is 437. The Kier molecular flexibility index (Phi) is 6.18. The van der Waals surface area contributed by atoms with Crippen LogP contribution in [-0.2, 0) is 4.74 Å². The molecular formula is C17H28N2O2. The summed E-state index contributed by atoms with van der Waals surface area (Å²) < 4.78 is 11.6. The molecule has 0 aliphatic carbocycles. The van der Waals surface area contributed by atoms with Gasteiger partial charge in [-0.25, -0.2) is 0 Å². The van der Waals surface area contributed by atoms with E-state index in [9.17, 15) is 0 Å². The largest absolute Gasteiger partial charge is 0.491 e. The number of benzene rings is 1. The van der Waals surface area contributed by atoms with Gasteiger partial charge in [-0.15, -0.1) is 0 Å². The summed E-state index contributed by atoms with van der Waals surface area (Å²) in [5.41, 5.74) is 7.88. The van der Waals surface area contributed by atoms with Crippen LogP contribution in [-0.4, -0.2) is 32.4 Å². The maximum absolute atomic E-state index is 5.98. The van der Waals surface area contributed by atoms with E-state index >= 15 is 0 Å². The van der Waals surface area contributed by atoms with Crippen molar-refractivity contribution in [1.82, 2.24) is 0 Å². The minimum Gasteiger partial charge on any atom is -0.491 e. The van der Waals surface area contributed by atoms with Gasteiger partial charge in [-0.3, -0.25) is 0 Å². The van der Waals surface area contributed by atoms with E-state index in [0.717, 1.165) is 44.7 Å². The van der Waals surface area contributed by atoms with Crippen molar-refractivity contribution in [3.05, 3.63) is 18.2 Å². The molecule has 118 valence electrons. The van der Waals surface area contributed by atoms with E-state index in [2.05, 4.69) is 30.9 Å². The fraction of sp³-hybridized carbons (Fsp3) is 0.647. The van der Waals surface area contributed by atoms with Crippen LogP contribution >= 0.6 is 0 Å². The highest BCUT2D eigenvalue weighted by Crippen LogP contribution is 2.30. The molecule has 21 heavy (non-hydrogen) atoms. The Labute approximate surface area is 128 Å². The number of piperidine rings is 1. The summed E-state index contributed by atoms with van der Waals surface area (Å²) in [4.78, 5) is 2.38. The monoisotopic (exact) mass is 292 g/mol. The van der Waals surface area contributed by atoms with Crippen LogP contribution in [0.15, 0.2) is 18.2 Å². The molecule has 1 aliphatic rings. The molecule has 1 aliphatic heterocycles. The highest BCUT2D eigenvalue weighted by molar-refractivity contribution is 5.62. The lowest BCUT2D eigenvalue weighted by molar-refractivity contribution is 0.0440. The minimum atomic E-state index is 0.344. The molecule has 1 heterocycles. The Balaban J connectivity index is 2.02. The Morgan fingerprint density at radius 3 is 2.81 bits per heavy atom. The second-order valence-electron chi connectivity index (χ2n) is 5.65. The molecule has 1 unspecified atom stereocenters. The topological polar surface area (TPSA) is 47.7 Å². The molecule has 0 aromatic heterocycles. The second kappa shape index (κ2) is 8.13. The average Bonchev–Trinajstić information content (AvgIpc) is 2.52. The van der Waals surface area contributed by atoms with Crippen molar-refractivity contribution in [2.24, 2.45) is 0 Å². The van der Waals surface area contributed by atoms with Crippen LogP contribution in [0.4, 0.5) is 11.4 Å². The molecular weight excluding hydrogens is 264 g/mol. The van der Waals surface area contributed by atoms with Crippen LogP contribution in [0, 0.1) is 0 Å². The van der Waals surface area contributed by atoms with Gasteiger partial charge in [-0.2, -0.15) is 0 Å². The maximum Gasteiger partial charge on any atom is 0.144 e. The predicted molar refractivity (Wildman–Crippen MR) is 88.1 cm³/mol. The quantitative estimate of drug-likeness (QED) is 0.782. The first-order valence-electron chi connectivity index (χ1n) is 8.13. The van der Waals surface area contributed by atoms with Crippen LogP contribution in [0.1, 0.15) is 39.5 Å². The van der Waals surface area contributed by atoms with Crippen molar-refractivity contribution < 1.29 is 9.47 Å². The van der Waals surface area contributed by atoms with Crippen LogP contribution in [0.25, 0.3) is 0 Å². The summed E-state index contributed by atoms with van der Waals surface area (Å²) in [5.74, 6) is 0.797. The van der Waals surface area contributed by atoms with Crippen molar-refractivity contribution in [2.45, 2.75) is 45.6 Å². The molecule has 0 bridgehead atoms. The summed E-state index contributed by atoms with van der Waals surface area (Å²) in [7, 11) is 0. The number of rotatable bonds is 7. The predicted octanol–water partition coefficient (Wildman–Crippen LogP) is 3.45. The highest BCUT2D eigenvalue weighted by Gasteiger charge is 2.21. The van der Waals surface area contributed by atoms with Gasteiger partial charge in [0.25, 0.3) is 0 Å². The van der Waals surface area contributed by atoms with Crippen molar-refractivity contribution in [2.75, 3.05) is 36.9 Å². The Morgan fingerprint density at radius 1 is 1.24 bits per heavy atom. The molecule has 0 spiro atoms. The van der Waals surface area contributed by atoms with E-state index in [1.165, 1.54) is 12.1 Å². The molecule has 4 nitrogen and oxygen atoms in total. The standard InChI is InChI=1S/C17H28N2O2/c1-3-10-20-15-6-5-9-19(13-15)14-7-8-16(18)17(12-14)21-11-4-2/h7-8,12,15H,3-6,9-11,13,18H2,1-2H3. The number of anilines is 2. The molecule has 1 saturated heterocycles. The molecule has 1 aromatic rings. The normalized spacial score (nSPS) is 18.8. The minimum absolute atomic E-state index is 0.344. The lowest BCUT2D eigenvalue weighted by atomic mass is 10.1. The third kappa shape index (κ3) is 4.53. The molecule has 0 amide bonds. The van der Waals surface area contributed by atoms with E-state index in [1.54, 1.807) is 0 Å². The summed E-state index contributed by atoms with van der Waals surface area (Å²) in [5, 5.41) is 0. The molecule has 2 rings (SSSR count). The van der Waals surface area contributed by atoms with Crippen LogP contribution in [0.3, 0.4) is 0 Å². The number of hydrogen-bond donors (Lipinski definition) is 1. The number of nitrogens with two attached hydrogens (primary N) is 1. The third-order valence-electron chi connectivity index (χ3n) is 3.76. The zero-order valence-corrected chi connectivity index (χ0v) is 13.3. The lowest BCUT2D eigenvalue weighted by Crippen LogP contribution is -2.39. The molecule has 0 saturated carbocycles. The van der Waals surface area contributed by atoms with E-state index in [0.29, 0.717) is 18.4 Å². The van der Waals surface area contributed by atoms with Crippen molar-refractivity contribution in [1.29, 1.82) is 0 Å². The van der Waals surface area contributed by atoms with Gasteiger partial charge < -0.3 is 20.1 Å². The van der Waals surface area contributed by atoms with Crippen molar-refractivity contribution in [3.63, 3.8) is 0 Å². The smallest absolute Gasteiger partial charge is 0.144 e. The summed E-state index contributed by atoms with van der Waals surface area (Å²) in [6.45, 7) is 7.83.